The third-order valence-corrected chi connectivity index (χ3v) is 1.98. The van der Waals surface area contributed by atoms with Crippen LogP contribution in [0.3, 0.4) is 0 Å². The second kappa shape index (κ2) is 3.03. The van der Waals surface area contributed by atoms with E-state index in [4.69, 9.17) is 5.73 Å². The Kier molecular flexibility index (Phi) is 2.39. The van der Waals surface area contributed by atoms with Crippen LogP contribution in [0.4, 0.5) is 5.82 Å². The molecule has 66 valence electrons. The molecule has 0 unspecified atom stereocenters. The summed E-state index contributed by atoms with van der Waals surface area (Å²) in [5.41, 5.74) is 5.28. The van der Waals surface area contributed by atoms with Crippen LogP contribution in [-0.2, 0) is 5.60 Å². The number of nitrogens with zero attached hydrogens (tertiary/aromatic N) is 1. The zero-order valence-corrected chi connectivity index (χ0v) is 8.59. The van der Waals surface area contributed by atoms with Gasteiger partial charge < -0.3 is 10.8 Å². The summed E-state index contributed by atoms with van der Waals surface area (Å²) < 4.78 is 0.814. The first kappa shape index (κ1) is 9.48. The lowest BCUT2D eigenvalue weighted by Gasteiger charge is -2.19. The fourth-order valence-corrected chi connectivity index (χ4v) is 1.27. The Bertz CT molecular complexity index is 294. The van der Waals surface area contributed by atoms with Crippen molar-refractivity contribution in [2.75, 3.05) is 5.73 Å². The van der Waals surface area contributed by atoms with Gasteiger partial charge in [0.15, 0.2) is 0 Å². The molecule has 1 aromatic rings. The second-order valence-corrected chi connectivity index (χ2v) is 4.06. The van der Waals surface area contributed by atoms with E-state index in [1.54, 1.807) is 26.1 Å². The largest absolute Gasteiger partial charge is 0.386 e. The molecule has 0 radical (unpaired) electrons. The van der Waals surface area contributed by atoms with Crippen molar-refractivity contribution in [3.8, 4) is 0 Å². The van der Waals surface area contributed by atoms with Gasteiger partial charge >= 0.3 is 0 Å². The number of aromatic nitrogens is 1. The Morgan fingerprint density at radius 2 is 2.17 bits per heavy atom. The molecule has 0 atom stereocenters. The van der Waals surface area contributed by atoms with Crippen molar-refractivity contribution in [1.29, 1.82) is 0 Å². The van der Waals surface area contributed by atoms with Crippen molar-refractivity contribution in [3.05, 3.63) is 22.3 Å². The average molecular weight is 231 g/mol. The van der Waals surface area contributed by atoms with E-state index in [-0.39, 0.29) is 0 Å². The highest BCUT2D eigenvalue weighted by Gasteiger charge is 2.19. The van der Waals surface area contributed by atoms with Gasteiger partial charge in [-0.2, -0.15) is 0 Å². The molecule has 0 aromatic carbocycles. The van der Waals surface area contributed by atoms with E-state index >= 15 is 0 Å². The fourth-order valence-electron chi connectivity index (χ4n) is 0.940. The van der Waals surface area contributed by atoms with Gasteiger partial charge in [-0.05, 0) is 35.8 Å². The molecule has 0 fully saturated rings. The number of hydrogen-bond acceptors (Lipinski definition) is 3. The van der Waals surface area contributed by atoms with Gasteiger partial charge in [-0.1, -0.05) is 0 Å². The smallest absolute Gasteiger partial charge is 0.129 e. The minimum atomic E-state index is -0.944. The lowest BCUT2D eigenvalue weighted by atomic mass is 9.99. The molecular weight excluding hydrogens is 220 g/mol. The summed E-state index contributed by atoms with van der Waals surface area (Å²) in [6.45, 7) is 3.35. The number of anilines is 1. The van der Waals surface area contributed by atoms with E-state index in [1.165, 1.54) is 0 Å². The molecule has 4 heteroatoms. The zero-order chi connectivity index (χ0) is 9.35. The number of nitrogens with two attached hydrogens (primary N) is 1. The van der Waals surface area contributed by atoms with Crippen molar-refractivity contribution in [2.45, 2.75) is 19.4 Å². The molecule has 0 amide bonds. The Balaban J connectivity index is 3.23. The van der Waals surface area contributed by atoms with Crippen LogP contribution in [0, 0.1) is 0 Å². The Morgan fingerprint density at radius 3 is 2.58 bits per heavy atom. The van der Waals surface area contributed by atoms with Crippen LogP contribution in [0.15, 0.2) is 16.7 Å². The lowest BCUT2D eigenvalue weighted by Crippen LogP contribution is -2.18. The normalized spacial score (nSPS) is 11.7. The van der Waals surface area contributed by atoms with Gasteiger partial charge in [-0.3, -0.25) is 0 Å². The number of nitrogen functional groups attached to an aromatic ring is 1. The maximum atomic E-state index is 9.65. The maximum absolute atomic E-state index is 9.65. The van der Waals surface area contributed by atoms with Gasteiger partial charge in [0.25, 0.3) is 0 Å². The van der Waals surface area contributed by atoms with Crippen LogP contribution in [0.2, 0.25) is 0 Å². The van der Waals surface area contributed by atoms with Crippen LogP contribution in [0.1, 0.15) is 19.4 Å². The third-order valence-electron chi connectivity index (χ3n) is 1.54. The number of rotatable bonds is 1. The quantitative estimate of drug-likeness (QED) is 0.772. The van der Waals surface area contributed by atoms with Crippen molar-refractivity contribution < 1.29 is 5.11 Å². The standard InChI is InChI=1S/C8H11BrN2O/c1-8(2,12)6-3-5(9)4-11-7(6)10/h3-4,12H,1-2H3,(H2,10,11). The minimum absolute atomic E-state index is 0.366. The number of halogens is 1. The molecule has 1 heterocycles. The monoisotopic (exact) mass is 230 g/mol. The molecule has 0 bridgehead atoms. The van der Waals surface area contributed by atoms with Crippen molar-refractivity contribution in [2.24, 2.45) is 0 Å². The maximum Gasteiger partial charge on any atom is 0.129 e. The summed E-state index contributed by atoms with van der Waals surface area (Å²) in [6, 6.07) is 1.77. The predicted molar refractivity (Wildman–Crippen MR) is 51.6 cm³/mol. The molecule has 0 saturated heterocycles. The van der Waals surface area contributed by atoms with Crippen molar-refractivity contribution >= 4 is 21.7 Å². The van der Waals surface area contributed by atoms with E-state index in [2.05, 4.69) is 20.9 Å². The van der Waals surface area contributed by atoms with Gasteiger partial charge in [-0.15, -0.1) is 0 Å². The van der Waals surface area contributed by atoms with Gasteiger partial charge in [0.05, 0.1) is 5.60 Å². The van der Waals surface area contributed by atoms with Crippen LogP contribution < -0.4 is 5.73 Å². The number of aliphatic hydroxyl groups is 1. The molecule has 3 nitrogen and oxygen atoms in total. The fraction of sp³-hybridized carbons (Fsp3) is 0.375. The van der Waals surface area contributed by atoms with Gasteiger partial charge in [0.2, 0.25) is 0 Å². The average Bonchev–Trinajstić information content (AvgIpc) is 1.92. The van der Waals surface area contributed by atoms with Crippen LogP contribution in [0.25, 0.3) is 0 Å². The molecule has 0 saturated carbocycles. The molecule has 3 N–H and O–H groups in total. The number of pyridine rings is 1. The molecule has 0 aliphatic rings. The summed E-state index contributed by atoms with van der Waals surface area (Å²) in [5.74, 6) is 0.366. The topological polar surface area (TPSA) is 59.1 Å². The van der Waals surface area contributed by atoms with E-state index < -0.39 is 5.60 Å². The lowest BCUT2D eigenvalue weighted by molar-refractivity contribution is 0.0790. The third kappa shape index (κ3) is 1.95. The summed E-state index contributed by atoms with van der Waals surface area (Å²) in [5, 5.41) is 9.65. The summed E-state index contributed by atoms with van der Waals surface area (Å²) >= 11 is 3.26. The number of hydrogen-bond donors (Lipinski definition) is 2. The molecule has 1 rings (SSSR count). The summed E-state index contributed by atoms with van der Waals surface area (Å²) in [7, 11) is 0. The van der Waals surface area contributed by atoms with Gasteiger partial charge in [0, 0.05) is 16.2 Å². The van der Waals surface area contributed by atoms with Gasteiger partial charge in [0.1, 0.15) is 5.82 Å². The molecule has 0 aliphatic heterocycles. The molecule has 0 aliphatic carbocycles. The van der Waals surface area contributed by atoms with Crippen molar-refractivity contribution in [1.82, 2.24) is 4.98 Å². The Hall–Kier alpha value is -0.610. The van der Waals surface area contributed by atoms with E-state index in [1.807, 2.05) is 0 Å². The highest BCUT2D eigenvalue weighted by Crippen LogP contribution is 2.26. The van der Waals surface area contributed by atoms with Crippen molar-refractivity contribution in [3.63, 3.8) is 0 Å². The SMILES string of the molecule is CC(C)(O)c1cc(Br)cnc1N. The summed E-state index contributed by atoms with van der Waals surface area (Å²) in [4.78, 5) is 3.92. The van der Waals surface area contributed by atoms with Crippen LogP contribution >= 0.6 is 15.9 Å². The first-order chi connectivity index (χ1) is 5.41. The minimum Gasteiger partial charge on any atom is -0.386 e. The van der Waals surface area contributed by atoms with E-state index in [0.717, 1.165) is 4.47 Å². The van der Waals surface area contributed by atoms with E-state index in [0.29, 0.717) is 11.4 Å². The summed E-state index contributed by atoms with van der Waals surface area (Å²) in [6.07, 6.45) is 1.60. The molecule has 12 heavy (non-hydrogen) atoms. The van der Waals surface area contributed by atoms with Crippen LogP contribution in [-0.4, -0.2) is 10.1 Å². The zero-order valence-electron chi connectivity index (χ0n) is 7.00. The Labute approximate surface area is 79.7 Å². The van der Waals surface area contributed by atoms with Gasteiger partial charge in [-0.25, -0.2) is 4.98 Å². The van der Waals surface area contributed by atoms with Crippen LogP contribution in [0.5, 0.6) is 0 Å². The van der Waals surface area contributed by atoms with E-state index in [9.17, 15) is 5.11 Å². The first-order valence-corrected chi connectivity index (χ1v) is 4.34. The highest BCUT2D eigenvalue weighted by atomic mass is 79.9. The predicted octanol–water partition coefficient (Wildman–Crippen LogP) is 1.65. The second-order valence-electron chi connectivity index (χ2n) is 3.15. The molecular formula is C8H11BrN2O. The highest BCUT2D eigenvalue weighted by molar-refractivity contribution is 9.10. The molecule has 0 spiro atoms. The first-order valence-electron chi connectivity index (χ1n) is 3.55. The molecule has 1 aromatic heterocycles. The Morgan fingerprint density at radius 1 is 1.58 bits per heavy atom.